The number of carbonyl (C=O) groups excluding carboxylic acids is 1. The first-order valence-electron chi connectivity index (χ1n) is 12.0. The fraction of sp³-hybridized carbons (Fsp3) is 0.720. The highest BCUT2D eigenvalue weighted by Crippen LogP contribution is 2.43. The molecule has 2 saturated heterocycles. The Morgan fingerprint density at radius 3 is 2.24 bits per heavy atom. The lowest BCUT2D eigenvalue weighted by Gasteiger charge is -2.50. The Morgan fingerprint density at radius 2 is 1.69 bits per heavy atom. The molecule has 1 aliphatic carbocycles. The van der Waals surface area contributed by atoms with Gasteiger partial charge in [-0.2, -0.15) is 0 Å². The molecule has 4 heteroatoms. The Labute approximate surface area is 177 Å². The highest BCUT2D eigenvalue weighted by Gasteiger charge is 2.39. The van der Waals surface area contributed by atoms with Gasteiger partial charge in [-0.15, -0.1) is 0 Å². The van der Waals surface area contributed by atoms with E-state index >= 15 is 0 Å². The second-order valence-electron chi connectivity index (χ2n) is 9.82. The van der Waals surface area contributed by atoms with Crippen LogP contribution in [0.5, 0.6) is 0 Å². The molecule has 1 atom stereocenters. The molecule has 0 radical (unpaired) electrons. The molecule has 4 rings (SSSR count). The first-order valence-corrected chi connectivity index (χ1v) is 12.0. The van der Waals surface area contributed by atoms with Crippen LogP contribution in [0.3, 0.4) is 0 Å². The zero-order chi connectivity index (χ0) is 20.3. The first kappa shape index (κ1) is 20.7. The number of benzene rings is 1. The van der Waals surface area contributed by atoms with Crippen molar-refractivity contribution >= 4 is 11.6 Å². The van der Waals surface area contributed by atoms with Crippen molar-refractivity contribution in [1.29, 1.82) is 0 Å². The molecular formula is C25H39N3O. The van der Waals surface area contributed by atoms with Gasteiger partial charge in [-0.05, 0) is 94.6 Å². The number of nitrogens with one attached hydrogen (secondary N) is 1. The lowest BCUT2D eigenvalue weighted by atomic mass is 9.70. The van der Waals surface area contributed by atoms with Gasteiger partial charge < -0.3 is 15.1 Å². The number of anilines is 1. The second-order valence-corrected chi connectivity index (χ2v) is 9.82. The van der Waals surface area contributed by atoms with Crippen molar-refractivity contribution in [2.75, 3.05) is 31.1 Å². The molecule has 4 nitrogen and oxygen atoms in total. The molecule has 2 aliphatic heterocycles. The van der Waals surface area contributed by atoms with Gasteiger partial charge in [0, 0.05) is 36.4 Å². The van der Waals surface area contributed by atoms with E-state index in [0.717, 1.165) is 37.5 Å². The van der Waals surface area contributed by atoms with Gasteiger partial charge in [-0.1, -0.05) is 19.8 Å². The average molecular weight is 398 g/mol. The van der Waals surface area contributed by atoms with Crippen LogP contribution in [0.1, 0.15) is 82.0 Å². The molecule has 0 bridgehead atoms. The minimum absolute atomic E-state index is 0.0494. The van der Waals surface area contributed by atoms with Gasteiger partial charge in [0.05, 0.1) is 0 Å². The minimum atomic E-state index is 0.0494. The third-order valence-electron chi connectivity index (χ3n) is 7.87. The Kier molecular flexibility index (Phi) is 6.48. The Bertz CT molecular complexity index is 664. The molecule has 1 unspecified atom stereocenters. The van der Waals surface area contributed by atoms with Gasteiger partial charge in [0.1, 0.15) is 0 Å². The fourth-order valence-electron chi connectivity index (χ4n) is 5.49. The maximum Gasteiger partial charge on any atom is 0.251 e. The van der Waals surface area contributed by atoms with Crippen LogP contribution in [-0.2, 0) is 0 Å². The number of carbonyl (C=O) groups is 1. The molecular weight excluding hydrogens is 358 g/mol. The molecule has 0 aromatic heterocycles. The summed E-state index contributed by atoms with van der Waals surface area (Å²) in [6.07, 6.45) is 11.9. The SMILES string of the molecule is CCCC(C)NC(=O)c1ccc(N2CCC3(CC2)CCN(C2CCC2)CC3)cc1. The van der Waals surface area contributed by atoms with Gasteiger partial charge in [0.15, 0.2) is 0 Å². The standard InChI is InChI=1S/C25H39N3O/c1-3-5-20(2)26-24(29)21-8-10-23(11-9-21)28-18-14-25(15-19-28)12-16-27(17-13-25)22-6-4-7-22/h8-11,20,22H,3-7,12-19H2,1-2H3,(H,26,29). The normalized spacial score (nSPS) is 23.6. The number of hydrogen-bond donors (Lipinski definition) is 1. The molecule has 1 aromatic carbocycles. The summed E-state index contributed by atoms with van der Waals surface area (Å²) in [4.78, 5) is 17.7. The third-order valence-corrected chi connectivity index (χ3v) is 7.87. The van der Waals surface area contributed by atoms with E-state index in [1.807, 2.05) is 12.1 Å². The smallest absolute Gasteiger partial charge is 0.251 e. The second kappa shape index (κ2) is 9.07. The topological polar surface area (TPSA) is 35.6 Å². The summed E-state index contributed by atoms with van der Waals surface area (Å²) in [6.45, 7) is 9.19. The van der Waals surface area contributed by atoms with E-state index in [0.29, 0.717) is 5.41 Å². The average Bonchev–Trinajstić information content (AvgIpc) is 2.69. The molecule has 1 aromatic rings. The number of hydrogen-bond acceptors (Lipinski definition) is 3. The molecule has 3 fully saturated rings. The van der Waals surface area contributed by atoms with Crippen LogP contribution >= 0.6 is 0 Å². The summed E-state index contributed by atoms with van der Waals surface area (Å²) in [7, 11) is 0. The summed E-state index contributed by atoms with van der Waals surface area (Å²) in [5.74, 6) is 0.0494. The molecule has 29 heavy (non-hydrogen) atoms. The van der Waals surface area contributed by atoms with Crippen LogP contribution < -0.4 is 10.2 Å². The quantitative estimate of drug-likeness (QED) is 0.746. The van der Waals surface area contributed by atoms with Crippen molar-refractivity contribution in [3.63, 3.8) is 0 Å². The molecule has 2 heterocycles. The zero-order valence-electron chi connectivity index (χ0n) is 18.5. The summed E-state index contributed by atoms with van der Waals surface area (Å²) in [5.41, 5.74) is 2.63. The molecule has 1 amide bonds. The van der Waals surface area contributed by atoms with Crippen molar-refractivity contribution < 1.29 is 4.79 Å². The van der Waals surface area contributed by atoms with Crippen molar-refractivity contribution in [2.45, 2.75) is 83.7 Å². The molecule has 1 N–H and O–H groups in total. The first-order chi connectivity index (χ1) is 14.1. The number of nitrogens with zero attached hydrogens (tertiary/aromatic N) is 2. The van der Waals surface area contributed by atoms with E-state index in [-0.39, 0.29) is 11.9 Å². The number of piperidine rings is 2. The molecule has 1 saturated carbocycles. The maximum atomic E-state index is 12.4. The zero-order valence-corrected chi connectivity index (χ0v) is 18.5. The monoisotopic (exact) mass is 397 g/mol. The van der Waals surface area contributed by atoms with Crippen LogP contribution in [0.4, 0.5) is 5.69 Å². The molecule has 3 aliphatic rings. The summed E-state index contributed by atoms with van der Waals surface area (Å²) in [6, 6.07) is 9.40. The summed E-state index contributed by atoms with van der Waals surface area (Å²) < 4.78 is 0. The summed E-state index contributed by atoms with van der Waals surface area (Å²) in [5, 5.41) is 3.10. The van der Waals surface area contributed by atoms with Crippen LogP contribution in [0.2, 0.25) is 0 Å². The van der Waals surface area contributed by atoms with E-state index < -0.39 is 0 Å². The van der Waals surface area contributed by atoms with Gasteiger partial charge in [-0.25, -0.2) is 0 Å². The molecule has 160 valence electrons. The highest BCUT2D eigenvalue weighted by molar-refractivity contribution is 5.94. The van der Waals surface area contributed by atoms with Gasteiger partial charge in [0.2, 0.25) is 0 Å². The lowest BCUT2D eigenvalue weighted by molar-refractivity contribution is 0.0306. The fourth-order valence-corrected chi connectivity index (χ4v) is 5.49. The lowest BCUT2D eigenvalue weighted by Crippen LogP contribution is -2.50. The van der Waals surface area contributed by atoms with E-state index in [2.05, 4.69) is 41.1 Å². The predicted octanol–water partition coefficient (Wildman–Crippen LogP) is 4.84. The van der Waals surface area contributed by atoms with E-state index in [1.165, 1.54) is 63.7 Å². The van der Waals surface area contributed by atoms with Crippen molar-refractivity contribution in [2.24, 2.45) is 5.41 Å². The van der Waals surface area contributed by atoms with E-state index in [4.69, 9.17) is 0 Å². The van der Waals surface area contributed by atoms with Crippen LogP contribution in [-0.4, -0.2) is 49.1 Å². The van der Waals surface area contributed by atoms with Crippen molar-refractivity contribution in [1.82, 2.24) is 10.2 Å². The van der Waals surface area contributed by atoms with Crippen LogP contribution in [0.15, 0.2) is 24.3 Å². The number of amides is 1. The van der Waals surface area contributed by atoms with Crippen molar-refractivity contribution in [3.05, 3.63) is 29.8 Å². The van der Waals surface area contributed by atoms with Gasteiger partial charge >= 0.3 is 0 Å². The largest absolute Gasteiger partial charge is 0.371 e. The molecule has 1 spiro atoms. The highest BCUT2D eigenvalue weighted by atomic mass is 16.1. The summed E-state index contributed by atoms with van der Waals surface area (Å²) >= 11 is 0. The van der Waals surface area contributed by atoms with Crippen LogP contribution in [0.25, 0.3) is 0 Å². The minimum Gasteiger partial charge on any atom is -0.371 e. The van der Waals surface area contributed by atoms with E-state index in [1.54, 1.807) is 0 Å². The van der Waals surface area contributed by atoms with Crippen LogP contribution in [0, 0.1) is 5.41 Å². The number of likely N-dealkylation sites (tertiary alicyclic amines) is 1. The van der Waals surface area contributed by atoms with Gasteiger partial charge in [0.25, 0.3) is 5.91 Å². The van der Waals surface area contributed by atoms with E-state index in [9.17, 15) is 4.79 Å². The van der Waals surface area contributed by atoms with Gasteiger partial charge in [-0.3, -0.25) is 4.79 Å². The predicted molar refractivity (Wildman–Crippen MR) is 121 cm³/mol. The Morgan fingerprint density at radius 1 is 1.07 bits per heavy atom. The third kappa shape index (κ3) is 4.79. The number of rotatable bonds is 6. The maximum absolute atomic E-state index is 12.4. The Hall–Kier alpha value is -1.55. The van der Waals surface area contributed by atoms with Crippen molar-refractivity contribution in [3.8, 4) is 0 Å². The Balaban J connectivity index is 1.27.